The molecule has 0 spiro atoms. The van der Waals surface area contributed by atoms with Crippen molar-refractivity contribution in [3.05, 3.63) is 23.8 Å². The van der Waals surface area contributed by atoms with E-state index in [4.69, 9.17) is 9.47 Å². The van der Waals surface area contributed by atoms with E-state index in [9.17, 15) is 13.5 Å². The van der Waals surface area contributed by atoms with Crippen LogP contribution in [0.25, 0.3) is 0 Å². The average molecular weight is 317 g/mol. The van der Waals surface area contributed by atoms with Crippen molar-refractivity contribution >= 4 is 10.0 Å². The number of sulfonamides is 1. The Morgan fingerprint density at radius 2 is 2.00 bits per heavy atom. The molecule has 7 heteroatoms. The van der Waals surface area contributed by atoms with Crippen molar-refractivity contribution in [3.63, 3.8) is 0 Å². The second-order valence-electron chi connectivity index (χ2n) is 4.33. The summed E-state index contributed by atoms with van der Waals surface area (Å²) in [5.41, 5.74) is 0.444. The normalized spacial score (nSPS) is 11.9. The zero-order valence-corrected chi connectivity index (χ0v) is 13.5. The third-order valence-electron chi connectivity index (χ3n) is 3.10. The fraction of sp³-hybridized carbons (Fsp3) is 0.571. The SMILES string of the molecule is CCOCCN(CC)S(=O)(=O)c1ccc(OC)c(CO)c1. The Labute approximate surface area is 126 Å². The molecule has 120 valence electrons. The molecule has 0 aliphatic rings. The van der Waals surface area contributed by atoms with Crippen LogP contribution in [0.5, 0.6) is 5.75 Å². The number of rotatable bonds is 9. The fourth-order valence-electron chi connectivity index (χ4n) is 1.95. The van der Waals surface area contributed by atoms with Gasteiger partial charge in [0, 0.05) is 25.3 Å². The van der Waals surface area contributed by atoms with Crippen molar-refractivity contribution in [1.29, 1.82) is 0 Å². The maximum absolute atomic E-state index is 12.6. The quantitative estimate of drug-likeness (QED) is 0.693. The Morgan fingerprint density at radius 1 is 1.29 bits per heavy atom. The molecule has 1 N–H and O–H groups in total. The summed E-state index contributed by atoms with van der Waals surface area (Å²) in [5.74, 6) is 0.466. The molecule has 0 aliphatic carbocycles. The number of benzene rings is 1. The zero-order valence-electron chi connectivity index (χ0n) is 12.7. The highest BCUT2D eigenvalue weighted by Crippen LogP contribution is 2.24. The molecule has 0 aromatic heterocycles. The molecule has 0 saturated carbocycles. The van der Waals surface area contributed by atoms with Gasteiger partial charge in [0.15, 0.2) is 0 Å². The maximum atomic E-state index is 12.6. The summed E-state index contributed by atoms with van der Waals surface area (Å²) in [7, 11) is -2.13. The summed E-state index contributed by atoms with van der Waals surface area (Å²) in [4.78, 5) is 0.144. The van der Waals surface area contributed by atoms with Crippen LogP contribution in [0.15, 0.2) is 23.1 Å². The van der Waals surface area contributed by atoms with E-state index in [1.54, 1.807) is 13.0 Å². The van der Waals surface area contributed by atoms with Crippen LogP contribution in [0.3, 0.4) is 0 Å². The van der Waals surface area contributed by atoms with E-state index >= 15 is 0 Å². The molecule has 1 aromatic carbocycles. The topological polar surface area (TPSA) is 76.1 Å². The molecular weight excluding hydrogens is 294 g/mol. The number of aliphatic hydroxyl groups is 1. The molecule has 0 fully saturated rings. The van der Waals surface area contributed by atoms with Crippen LogP contribution in [-0.4, -0.2) is 51.2 Å². The summed E-state index contributed by atoms with van der Waals surface area (Å²) in [6, 6.07) is 4.48. The smallest absolute Gasteiger partial charge is 0.243 e. The summed E-state index contributed by atoms with van der Waals surface area (Å²) in [6.07, 6.45) is 0. The highest BCUT2D eigenvalue weighted by atomic mass is 32.2. The Balaban J connectivity index is 3.05. The van der Waals surface area contributed by atoms with Crippen molar-refractivity contribution < 1.29 is 23.0 Å². The van der Waals surface area contributed by atoms with E-state index in [0.29, 0.717) is 37.6 Å². The van der Waals surface area contributed by atoms with Crippen molar-refractivity contribution in [2.45, 2.75) is 25.3 Å². The molecule has 1 aromatic rings. The lowest BCUT2D eigenvalue weighted by Gasteiger charge is -2.21. The average Bonchev–Trinajstić information content (AvgIpc) is 2.50. The molecule has 0 heterocycles. The van der Waals surface area contributed by atoms with Crippen molar-refractivity contribution in [2.24, 2.45) is 0 Å². The van der Waals surface area contributed by atoms with Crippen LogP contribution in [0.4, 0.5) is 0 Å². The second-order valence-corrected chi connectivity index (χ2v) is 6.26. The number of nitrogens with zero attached hydrogens (tertiary/aromatic N) is 1. The standard InChI is InChI=1S/C14H23NO5S/c1-4-15(8-9-20-5-2)21(17,18)13-6-7-14(19-3)12(10-13)11-16/h6-7,10,16H,4-5,8-9,11H2,1-3H3. The predicted molar refractivity (Wildman–Crippen MR) is 79.8 cm³/mol. The first-order valence-electron chi connectivity index (χ1n) is 6.86. The molecule has 0 saturated heterocycles. The summed E-state index contributed by atoms with van der Waals surface area (Å²) < 4.78 is 36.8. The molecule has 0 aliphatic heterocycles. The van der Waals surface area contributed by atoms with Crippen molar-refractivity contribution in [2.75, 3.05) is 33.4 Å². The van der Waals surface area contributed by atoms with Crippen LogP contribution < -0.4 is 4.74 Å². The number of hydrogen-bond donors (Lipinski definition) is 1. The molecule has 6 nitrogen and oxygen atoms in total. The van der Waals surface area contributed by atoms with Crippen molar-refractivity contribution in [3.8, 4) is 5.75 Å². The summed E-state index contributed by atoms with van der Waals surface area (Å²) in [5, 5.41) is 9.30. The third kappa shape index (κ3) is 4.41. The van der Waals surface area contributed by atoms with Gasteiger partial charge in [-0.15, -0.1) is 0 Å². The van der Waals surface area contributed by atoms with Gasteiger partial charge in [-0.05, 0) is 25.1 Å². The fourth-order valence-corrected chi connectivity index (χ4v) is 3.43. The second kappa shape index (κ2) is 8.33. The summed E-state index contributed by atoms with van der Waals surface area (Å²) >= 11 is 0. The minimum absolute atomic E-state index is 0.144. The first-order chi connectivity index (χ1) is 10.0. The van der Waals surface area contributed by atoms with Crippen LogP contribution in [0, 0.1) is 0 Å². The van der Waals surface area contributed by atoms with Crippen LogP contribution >= 0.6 is 0 Å². The maximum Gasteiger partial charge on any atom is 0.243 e. The highest BCUT2D eigenvalue weighted by Gasteiger charge is 2.23. The number of likely N-dealkylation sites (N-methyl/N-ethyl adjacent to an activating group) is 1. The van der Waals surface area contributed by atoms with E-state index in [1.807, 2.05) is 6.92 Å². The van der Waals surface area contributed by atoms with Gasteiger partial charge in [-0.1, -0.05) is 6.92 Å². The third-order valence-corrected chi connectivity index (χ3v) is 5.07. The first-order valence-corrected chi connectivity index (χ1v) is 8.30. The van der Waals surface area contributed by atoms with E-state index in [-0.39, 0.29) is 11.5 Å². The van der Waals surface area contributed by atoms with Gasteiger partial charge in [-0.2, -0.15) is 4.31 Å². The van der Waals surface area contributed by atoms with Gasteiger partial charge >= 0.3 is 0 Å². The lowest BCUT2D eigenvalue weighted by molar-refractivity contribution is 0.135. The van der Waals surface area contributed by atoms with Gasteiger partial charge in [0.1, 0.15) is 5.75 Å². The van der Waals surface area contributed by atoms with Gasteiger partial charge < -0.3 is 14.6 Å². The molecule has 0 unspecified atom stereocenters. The van der Waals surface area contributed by atoms with Crippen LogP contribution in [0.2, 0.25) is 0 Å². The molecule has 0 bridgehead atoms. The molecule has 1 rings (SSSR count). The van der Waals surface area contributed by atoms with E-state index in [2.05, 4.69) is 0 Å². The highest BCUT2D eigenvalue weighted by molar-refractivity contribution is 7.89. The lowest BCUT2D eigenvalue weighted by atomic mass is 10.2. The minimum atomic E-state index is -3.60. The Morgan fingerprint density at radius 3 is 2.52 bits per heavy atom. The van der Waals surface area contributed by atoms with Gasteiger partial charge in [0.05, 0.1) is 25.2 Å². The Kier molecular flexibility index (Phi) is 7.10. The molecule has 0 atom stereocenters. The van der Waals surface area contributed by atoms with Gasteiger partial charge in [0.25, 0.3) is 0 Å². The van der Waals surface area contributed by atoms with Gasteiger partial charge in [-0.25, -0.2) is 8.42 Å². The Bertz CT molecular complexity index is 544. The van der Waals surface area contributed by atoms with Crippen LogP contribution in [0.1, 0.15) is 19.4 Å². The molecule has 0 amide bonds. The monoisotopic (exact) mass is 317 g/mol. The van der Waals surface area contributed by atoms with Crippen LogP contribution in [-0.2, 0) is 21.4 Å². The largest absolute Gasteiger partial charge is 0.496 e. The summed E-state index contributed by atoms with van der Waals surface area (Å²) in [6.45, 7) is 4.92. The first kappa shape index (κ1) is 17.9. The van der Waals surface area contributed by atoms with E-state index in [1.165, 1.54) is 23.5 Å². The number of aliphatic hydroxyl groups excluding tert-OH is 1. The number of ether oxygens (including phenoxy) is 2. The molecule has 0 radical (unpaired) electrons. The van der Waals surface area contributed by atoms with E-state index in [0.717, 1.165) is 0 Å². The molecular formula is C14H23NO5S. The Hall–Kier alpha value is -1.15. The van der Waals surface area contributed by atoms with E-state index < -0.39 is 10.0 Å². The predicted octanol–water partition coefficient (Wildman–Crippen LogP) is 1.23. The molecule has 21 heavy (non-hydrogen) atoms. The number of hydrogen-bond acceptors (Lipinski definition) is 5. The van der Waals surface area contributed by atoms with Gasteiger partial charge in [-0.3, -0.25) is 0 Å². The zero-order chi connectivity index (χ0) is 15.9. The lowest BCUT2D eigenvalue weighted by Crippen LogP contribution is -2.34. The van der Waals surface area contributed by atoms with Gasteiger partial charge in [0.2, 0.25) is 10.0 Å². The number of methoxy groups -OCH3 is 1. The minimum Gasteiger partial charge on any atom is -0.496 e. The van der Waals surface area contributed by atoms with Crippen molar-refractivity contribution in [1.82, 2.24) is 4.31 Å².